The van der Waals surface area contributed by atoms with Crippen LogP contribution in [0.2, 0.25) is 0 Å². The fraction of sp³-hybridized carbons (Fsp3) is 0.458. The molecular formula is C24H32O3. The van der Waals surface area contributed by atoms with Crippen LogP contribution in [0.15, 0.2) is 48.5 Å². The molecule has 0 aliphatic rings. The van der Waals surface area contributed by atoms with Gasteiger partial charge in [0.2, 0.25) is 0 Å². The minimum atomic E-state index is -1.20. The second-order valence-corrected chi connectivity index (χ2v) is 7.06. The second-order valence-electron chi connectivity index (χ2n) is 7.06. The lowest BCUT2D eigenvalue weighted by atomic mass is 9.82. The molecule has 1 unspecified atom stereocenters. The standard InChI is InChI=1S/C24H32O3/c1-3-5-11-19-14-10-16-23(21(19)15-6-4-2)22(17-18-27-24(25)26)20-12-8-7-9-13-20/h7-10,12-14,16,22H,3-6,11,15,17-18H2,1-2H3,(H,25,26). The van der Waals surface area contributed by atoms with Crippen LogP contribution in [0.1, 0.15) is 74.1 Å². The normalized spacial score (nSPS) is 11.9. The molecule has 2 rings (SSSR count). The highest BCUT2D eigenvalue weighted by Crippen LogP contribution is 2.33. The van der Waals surface area contributed by atoms with E-state index in [1.54, 1.807) is 0 Å². The quantitative estimate of drug-likeness (QED) is 0.455. The molecule has 3 heteroatoms. The van der Waals surface area contributed by atoms with Crippen LogP contribution in [-0.4, -0.2) is 17.9 Å². The molecule has 146 valence electrons. The van der Waals surface area contributed by atoms with Crippen LogP contribution in [-0.2, 0) is 17.6 Å². The topological polar surface area (TPSA) is 46.5 Å². The molecule has 0 fully saturated rings. The van der Waals surface area contributed by atoms with Gasteiger partial charge >= 0.3 is 6.16 Å². The number of ether oxygens (including phenoxy) is 1. The highest BCUT2D eigenvalue weighted by Gasteiger charge is 2.20. The van der Waals surface area contributed by atoms with Crippen molar-refractivity contribution in [2.75, 3.05) is 6.61 Å². The number of rotatable bonds is 11. The van der Waals surface area contributed by atoms with Crippen molar-refractivity contribution in [3.63, 3.8) is 0 Å². The zero-order valence-electron chi connectivity index (χ0n) is 16.6. The fourth-order valence-electron chi connectivity index (χ4n) is 3.69. The van der Waals surface area contributed by atoms with Crippen LogP contribution in [0.5, 0.6) is 0 Å². The largest absolute Gasteiger partial charge is 0.505 e. The summed E-state index contributed by atoms with van der Waals surface area (Å²) >= 11 is 0. The van der Waals surface area contributed by atoms with Crippen LogP contribution >= 0.6 is 0 Å². The van der Waals surface area contributed by atoms with Crippen molar-refractivity contribution in [1.82, 2.24) is 0 Å². The zero-order chi connectivity index (χ0) is 19.5. The van der Waals surface area contributed by atoms with Gasteiger partial charge in [-0.2, -0.15) is 0 Å². The van der Waals surface area contributed by atoms with Gasteiger partial charge in [0.25, 0.3) is 0 Å². The predicted molar refractivity (Wildman–Crippen MR) is 111 cm³/mol. The average molecular weight is 369 g/mol. The van der Waals surface area contributed by atoms with Crippen LogP contribution in [0, 0.1) is 0 Å². The molecule has 2 aromatic carbocycles. The van der Waals surface area contributed by atoms with Gasteiger partial charge in [0.1, 0.15) is 0 Å². The first-order valence-corrected chi connectivity index (χ1v) is 10.2. The predicted octanol–water partition coefficient (Wildman–Crippen LogP) is 6.59. The van der Waals surface area contributed by atoms with Gasteiger partial charge in [-0.3, -0.25) is 0 Å². The molecule has 3 nitrogen and oxygen atoms in total. The number of hydrogen-bond acceptors (Lipinski definition) is 2. The van der Waals surface area contributed by atoms with Crippen molar-refractivity contribution in [3.8, 4) is 0 Å². The van der Waals surface area contributed by atoms with Gasteiger partial charge in [0.15, 0.2) is 0 Å². The van der Waals surface area contributed by atoms with E-state index in [1.807, 2.05) is 18.2 Å². The van der Waals surface area contributed by atoms with Gasteiger partial charge < -0.3 is 9.84 Å². The number of carbonyl (C=O) groups is 1. The van der Waals surface area contributed by atoms with Gasteiger partial charge in [-0.15, -0.1) is 0 Å². The number of hydrogen-bond donors (Lipinski definition) is 1. The SMILES string of the molecule is CCCCc1cccc(C(CCOC(=O)O)c2ccccc2)c1CCCC. The number of benzene rings is 2. The van der Waals surface area contributed by atoms with E-state index in [2.05, 4.69) is 44.2 Å². The van der Waals surface area contributed by atoms with Crippen molar-refractivity contribution in [3.05, 3.63) is 70.8 Å². The van der Waals surface area contributed by atoms with Gasteiger partial charge in [-0.25, -0.2) is 4.79 Å². The zero-order valence-corrected chi connectivity index (χ0v) is 16.6. The third-order valence-corrected chi connectivity index (χ3v) is 5.10. The van der Waals surface area contributed by atoms with E-state index >= 15 is 0 Å². The molecule has 0 bridgehead atoms. The van der Waals surface area contributed by atoms with Gasteiger partial charge in [0.05, 0.1) is 6.61 Å². The molecule has 27 heavy (non-hydrogen) atoms. The summed E-state index contributed by atoms with van der Waals surface area (Å²) < 4.78 is 4.85. The van der Waals surface area contributed by atoms with E-state index in [9.17, 15) is 4.79 Å². The molecule has 0 aliphatic carbocycles. The molecule has 0 heterocycles. The first-order chi connectivity index (χ1) is 13.2. The highest BCUT2D eigenvalue weighted by atomic mass is 16.7. The Morgan fingerprint density at radius 3 is 2.33 bits per heavy atom. The van der Waals surface area contributed by atoms with E-state index < -0.39 is 6.16 Å². The Morgan fingerprint density at radius 1 is 0.963 bits per heavy atom. The Bertz CT molecular complexity index is 694. The van der Waals surface area contributed by atoms with Crippen molar-refractivity contribution in [2.24, 2.45) is 0 Å². The Morgan fingerprint density at radius 2 is 1.67 bits per heavy atom. The third-order valence-electron chi connectivity index (χ3n) is 5.10. The van der Waals surface area contributed by atoms with E-state index in [1.165, 1.54) is 47.9 Å². The summed E-state index contributed by atoms with van der Waals surface area (Å²) in [6.07, 6.45) is 6.36. The maximum Gasteiger partial charge on any atom is 0.505 e. The van der Waals surface area contributed by atoms with E-state index in [0.29, 0.717) is 6.42 Å². The summed E-state index contributed by atoms with van der Waals surface area (Å²) in [5.74, 6) is 0.152. The lowest BCUT2D eigenvalue weighted by Crippen LogP contribution is -2.12. The minimum Gasteiger partial charge on any atom is -0.450 e. The number of aryl methyl sites for hydroxylation is 1. The maximum atomic E-state index is 10.8. The van der Waals surface area contributed by atoms with Gasteiger partial charge in [-0.1, -0.05) is 75.2 Å². The van der Waals surface area contributed by atoms with Crippen molar-refractivity contribution in [1.29, 1.82) is 0 Å². The third kappa shape index (κ3) is 6.42. The average Bonchev–Trinajstić information content (AvgIpc) is 2.69. The first kappa shape index (κ1) is 21.0. The molecule has 0 saturated heterocycles. The Hall–Kier alpha value is -2.29. The summed E-state index contributed by atoms with van der Waals surface area (Å²) in [7, 11) is 0. The molecular weight excluding hydrogens is 336 g/mol. The molecule has 0 radical (unpaired) electrons. The summed E-state index contributed by atoms with van der Waals surface area (Å²) in [5.41, 5.74) is 5.45. The van der Waals surface area contributed by atoms with E-state index in [0.717, 1.165) is 12.8 Å². The van der Waals surface area contributed by atoms with Crippen molar-refractivity contribution < 1.29 is 14.6 Å². The Labute approximate surface area is 163 Å². The van der Waals surface area contributed by atoms with Crippen LogP contribution in [0.3, 0.4) is 0 Å². The summed E-state index contributed by atoms with van der Waals surface area (Å²) in [4.78, 5) is 10.8. The molecule has 0 aromatic heterocycles. The van der Waals surface area contributed by atoms with Crippen molar-refractivity contribution >= 4 is 6.16 Å². The molecule has 1 N–H and O–H groups in total. The maximum absolute atomic E-state index is 10.8. The van der Waals surface area contributed by atoms with Crippen LogP contribution < -0.4 is 0 Å². The van der Waals surface area contributed by atoms with Crippen LogP contribution in [0.4, 0.5) is 4.79 Å². The summed E-state index contributed by atoms with van der Waals surface area (Å²) in [6.45, 7) is 4.66. The second kappa shape index (κ2) is 11.4. The minimum absolute atomic E-state index is 0.152. The monoisotopic (exact) mass is 368 g/mol. The molecule has 0 amide bonds. The number of carboxylic acid groups (broad SMARTS) is 1. The number of unbranched alkanes of at least 4 members (excludes halogenated alkanes) is 2. The molecule has 0 aliphatic heterocycles. The fourth-order valence-corrected chi connectivity index (χ4v) is 3.69. The van der Waals surface area contributed by atoms with E-state index in [-0.39, 0.29) is 12.5 Å². The van der Waals surface area contributed by atoms with Crippen LogP contribution in [0.25, 0.3) is 0 Å². The van der Waals surface area contributed by atoms with Gasteiger partial charge in [-0.05, 0) is 54.4 Å². The highest BCUT2D eigenvalue weighted by molar-refractivity contribution is 5.56. The van der Waals surface area contributed by atoms with E-state index in [4.69, 9.17) is 9.84 Å². The first-order valence-electron chi connectivity index (χ1n) is 10.2. The molecule has 0 spiro atoms. The summed E-state index contributed by atoms with van der Waals surface area (Å²) in [6, 6.07) is 17.0. The molecule has 0 saturated carbocycles. The smallest absolute Gasteiger partial charge is 0.450 e. The molecule has 2 aromatic rings. The Balaban J connectivity index is 2.40. The lowest BCUT2D eigenvalue weighted by molar-refractivity contribution is 0.0896. The molecule has 1 atom stereocenters. The summed E-state index contributed by atoms with van der Waals surface area (Å²) in [5, 5.41) is 8.86. The lowest BCUT2D eigenvalue weighted by Gasteiger charge is -2.23. The van der Waals surface area contributed by atoms with Gasteiger partial charge in [0, 0.05) is 5.92 Å². The van der Waals surface area contributed by atoms with Crippen molar-refractivity contribution in [2.45, 2.75) is 64.7 Å². The Kier molecular flexibility index (Phi) is 8.90.